The number of carbonyl (C=O) groups is 5. The zero-order valence-electron chi connectivity index (χ0n) is 33.5. The number of nitriles is 1. The van der Waals surface area contributed by atoms with Crippen molar-refractivity contribution in [2.75, 3.05) is 49.1 Å². The monoisotopic (exact) mass is 829 g/mol. The van der Waals surface area contributed by atoms with Gasteiger partial charge in [0.15, 0.2) is 0 Å². The van der Waals surface area contributed by atoms with Crippen LogP contribution in [0, 0.1) is 16.7 Å². The minimum atomic E-state index is -0.973. The fraction of sp³-hybridized carbons (Fsp3) is 0.478. The van der Waals surface area contributed by atoms with Gasteiger partial charge in [0.05, 0.1) is 27.4 Å². The van der Waals surface area contributed by atoms with Crippen molar-refractivity contribution in [2.45, 2.75) is 94.5 Å². The van der Waals surface area contributed by atoms with Crippen molar-refractivity contribution in [3.63, 3.8) is 0 Å². The van der Waals surface area contributed by atoms with Gasteiger partial charge in [-0.2, -0.15) is 5.26 Å². The molecule has 13 nitrogen and oxygen atoms in total. The first-order chi connectivity index (χ1) is 29.1. The molecule has 3 aromatic carbocycles. The van der Waals surface area contributed by atoms with Gasteiger partial charge in [-0.25, -0.2) is 0 Å². The average molecular weight is 830 g/mol. The second-order valence-corrected chi connectivity index (χ2v) is 18.2. The number of piperidine rings is 3. The largest absolute Gasteiger partial charge is 0.490 e. The molecule has 1 N–H and O–H groups in total. The second kappa shape index (κ2) is 15.2. The molecule has 14 heteroatoms. The van der Waals surface area contributed by atoms with Crippen LogP contribution in [0.25, 0.3) is 0 Å². The summed E-state index contributed by atoms with van der Waals surface area (Å²) < 4.78 is 6.28. The Bertz CT molecular complexity index is 2290. The first kappa shape index (κ1) is 38.7. The van der Waals surface area contributed by atoms with Gasteiger partial charge < -0.3 is 19.4 Å². The fourth-order valence-electron chi connectivity index (χ4n) is 11.3. The molecule has 2 bridgehead atoms. The molecule has 2 unspecified atom stereocenters. The van der Waals surface area contributed by atoms with E-state index in [1.807, 2.05) is 24.3 Å². The zero-order valence-corrected chi connectivity index (χ0v) is 34.2. The van der Waals surface area contributed by atoms with E-state index in [4.69, 9.17) is 16.3 Å². The van der Waals surface area contributed by atoms with Crippen LogP contribution in [0.15, 0.2) is 60.7 Å². The number of anilines is 2. The molecule has 6 heterocycles. The Morgan fingerprint density at radius 2 is 1.53 bits per heavy atom. The minimum Gasteiger partial charge on any atom is -0.490 e. The van der Waals surface area contributed by atoms with Crippen LogP contribution in [-0.4, -0.2) is 114 Å². The summed E-state index contributed by atoms with van der Waals surface area (Å²) in [5, 5.41) is 11.9. The first-order valence-electron chi connectivity index (χ1n) is 21.5. The molecule has 0 radical (unpaired) electrons. The van der Waals surface area contributed by atoms with Crippen LogP contribution in [0.2, 0.25) is 5.02 Å². The normalized spacial score (nSPS) is 26.5. The summed E-state index contributed by atoms with van der Waals surface area (Å²) in [6.45, 7) is 5.48. The summed E-state index contributed by atoms with van der Waals surface area (Å²) in [4.78, 5) is 75.7. The lowest BCUT2D eigenvalue weighted by molar-refractivity contribution is -0.136. The zero-order chi connectivity index (χ0) is 41.3. The lowest BCUT2D eigenvalue weighted by Gasteiger charge is -2.56. The van der Waals surface area contributed by atoms with E-state index in [2.05, 4.69) is 43.1 Å². The second-order valence-electron chi connectivity index (χ2n) is 17.8. The maximum absolute atomic E-state index is 13.8. The van der Waals surface area contributed by atoms with Gasteiger partial charge in [0, 0.05) is 94.0 Å². The number of ether oxygens (including phenoxy) is 1. The Labute approximate surface area is 354 Å². The van der Waals surface area contributed by atoms with E-state index >= 15 is 0 Å². The van der Waals surface area contributed by atoms with Gasteiger partial charge >= 0.3 is 0 Å². The van der Waals surface area contributed by atoms with Crippen LogP contribution in [-0.2, 0) is 9.59 Å². The van der Waals surface area contributed by atoms with E-state index < -0.39 is 23.8 Å². The molecule has 6 aliphatic heterocycles. The van der Waals surface area contributed by atoms with Crippen molar-refractivity contribution in [1.82, 2.24) is 20.0 Å². The summed E-state index contributed by atoms with van der Waals surface area (Å²) in [5.74, 6) is -1.15. The van der Waals surface area contributed by atoms with Crippen molar-refractivity contribution < 1.29 is 28.7 Å². The number of benzene rings is 3. The van der Waals surface area contributed by atoms with E-state index in [0.717, 1.165) is 99.6 Å². The Morgan fingerprint density at radius 1 is 0.817 bits per heavy atom. The summed E-state index contributed by atoms with van der Waals surface area (Å²) in [6, 6.07) is 20.7. The predicted octanol–water partition coefficient (Wildman–Crippen LogP) is 5.40. The standard InChI is InChI=1S/C46H48ClN7O6/c47-37-24-34(11-6-29(37)27-48)60-35-22-31-9-10-32(23-35)53(31)43(57)28-4-7-30(8-5-28)50-18-20-51(21-19-50)33-25-46(26-33)14-16-52(17-15-46)38-3-1-2-36-41(38)45(59)54(44(36)58)39-12-13-40(55)49-42(39)56/h1-8,11,24,31-33,35,39H,9-10,12-23,25-26H2,(H,49,55,56)/t31-,32+,35?,39?. The smallest absolute Gasteiger partial charge is 0.264 e. The van der Waals surface area contributed by atoms with Gasteiger partial charge in [0.25, 0.3) is 17.7 Å². The number of amides is 5. The number of nitrogens with zero attached hydrogens (tertiary/aromatic N) is 6. The molecule has 7 aliphatic rings. The van der Waals surface area contributed by atoms with E-state index in [0.29, 0.717) is 33.5 Å². The maximum Gasteiger partial charge on any atom is 0.264 e. The van der Waals surface area contributed by atoms with Crippen LogP contribution in [0.1, 0.15) is 101 Å². The molecule has 1 saturated carbocycles. The molecule has 60 heavy (non-hydrogen) atoms. The van der Waals surface area contributed by atoms with E-state index in [-0.39, 0.29) is 48.3 Å². The molecule has 5 amide bonds. The van der Waals surface area contributed by atoms with Crippen molar-refractivity contribution in [3.05, 3.63) is 87.9 Å². The molecule has 5 saturated heterocycles. The van der Waals surface area contributed by atoms with Crippen molar-refractivity contribution in [1.29, 1.82) is 5.26 Å². The lowest BCUT2D eigenvalue weighted by atomic mass is 9.60. The first-order valence-corrected chi connectivity index (χ1v) is 21.8. The highest BCUT2D eigenvalue weighted by atomic mass is 35.5. The van der Waals surface area contributed by atoms with Gasteiger partial charge in [-0.05, 0) is 98.9 Å². The maximum atomic E-state index is 13.8. The highest BCUT2D eigenvalue weighted by Gasteiger charge is 2.50. The number of imide groups is 2. The number of nitrogens with one attached hydrogen (secondary N) is 1. The van der Waals surface area contributed by atoms with Gasteiger partial charge in [-0.15, -0.1) is 0 Å². The summed E-state index contributed by atoms with van der Waals surface area (Å²) in [6.07, 6.45) is 8.13. The number of carbonyl (C=O) groups excluding carboxylic acids is 5. The average Bonchev–Trinajstić information content (AvgIpc) is 3.67. The van der Waals surface area contributed by atoms with Gasteiger partial charge in [0.1, 0.15) is 24.0 Å². The molecule has 6 fully saturated rings. The summed E-state index contributed by atoms with van der Waals surface area (Å²) >= 11 is 6.23. The number of fused-ring (bicyclic) bond motifs is 3. The Balaban J connectivity index is 0.694. The van der Waals surface area contributed by atoms with Gasteiger partial charge in [0.2, 0.25) is 11.8 Å². The SMILES string of the molecule is N#Cc1ccc(OC2C[C@H]3CC[C@@H](C2)N3C(=O)c2ccc(N3CCN(C4CC5(CCN(c6cccc7c6C(=O)N(C6CCC(=O)NC6=O)C7=O)CC5)C4)CC3)cc2)cc1Cl. The van der Waals surface area contributed by atoms with Crippen LogP contribution in [0.5, 0.6) is 5.75 Å². The molecular weight excluding hydrogens is 782 g/mol. The number of hydrogen-bond acceptors (Lipinski definition) is 10. The predicted molar refractivity (Wildman–Crippen MR) is 223 cm³/mol. The van der Waals surface area contributed by atoms with Crippen molar-refractivity contribution in [3.8, 4) is 11.8 Å². The van der Waals surface area contributed by atoms with Crippen LogP contribution >= 0.6 is 11.6 Å². The Kier molecular flexibility index (Phi) is 9.83. The molecule has 4 atom stereocenters. The summed E-state index contributed by atoms with van der Waals surface area (Å²) in [5.41, 5.74) is 4.04. The van der Waals surface area contributed by atoms with E-state index in [9.17, 15) is 29.2 Å². The van der Waals surface area contributed by atoms with E-state index in [1.54, 1.807) is 24.3 Å². The molecule has 1 aliphatic carbocycles. The molecule has 1 spiro atoms. The highest BCUT2D eigenvalue weighted by Crippen LogP contribution is 2.52. The van der Waals surface area contributed by atoms with Crippen LogP contribution < -0.4 is 19.9 Å². The van der Waals surface area contributed by atoms with Crippen molar-refractivity contribution in [2.24, 2.45) is 5.41 Å². The quantitative estimate of drug-likeness (QED) is 0.308. The third kappa shape index (κ3) is 6.78. The molecule has 10 rings (SSSR count). The van der Waals surface area contributed by atoms with E-state index in [1.165, 1.54) is 12.8 Å². The van der Waals surface area contributed by atoms with Gasteiger partial charge in [-0.3, -0.25) is 39.1 Å². The Morgan fingerprint density at radius 3 is 2.20 bits per heavy atom. The van der Waals surface area contributed by atoms with Crippen molar-refractivity contribution >= 4 is 52.5 Å². The number of rotatable bonds is 7. The highest BCUT2D eigenvalue weighted by molar-refractivity contribution is 6.31. The van der Waals surface area contributed by atoms with Crippen LogP contribution in [0.3, 0.4) is 0 Å². The lowest BCUT2D eigenvalue weighted by Crippen LogP contribution is -2.59. The number of piperazine rings is 1. The molecule has 0 aromatic heterocycles. The number of halogens is 1. The molecule has 3 aromatic rings. The fourth-order valence-corrected chi connectivity index (χ4v) is 11.5. The third-order valence-corrected chi connectivity index (χ3v) is 14.9. The minimum absolute atomic E-state index is 0.000895. The third-order valence-electron chi connectivity index (χ3n) is 14.5. The Hall–Kier alpha value is -5.45. The molecule has 310 valence electrons. The summed E-state index contributed by atoms with van der Waals surface area (Å²) in [7, 11) is 0. The van der Waals surface area contributed by atoms with Gasteiger partial charge in [-0.1, -0.05) is 17.7 Å². The molecular formula is C46H48ClN7O6. The number of hydrogen-bond donors (Lipinski definition) is 1. The topological polar surface area (TPSA) is 147 Å². The van der Waals surface area contributed by atoms with Crippen LogP contribution in [0.4, 0.5) is 11.4 Å².